The van der Waals surface area contributed by atoms with E-state index < -0.39 is 5.60 Å². The summed E-state index contributed by atoms with van der Waals surface area (Å²) in [4.78, 5) is 13.8. The van der Waals surface area contributed by atoms with Gasteiger partial charge in [0, 0.05) is 40.7 Å². The van der Waals surface area contributed by atoms with Crippen LogP contribution in [0.4, 0.5) is 0 Å². The summed E-state index contributed by atoms with van der Waals surface area (Å²) in [5.74, 6) is 6.89. The largest absolute Gasteiger partial charge is 0.442 e. The molecule has 0 amide bonds. The second-order valence-electron chi connectivity index (χ2n) is 7.84. The Hall–Kier alpha value is -2.57. The highest BCUT2D eigenvalue weighted by atomic mass is 32.2. The molecule has 0 spiro atoms. The molecule has 2 aliphatic carbocycles. The first kappa shape index (κ1) is 17.5. The van der Waals surface area contributed by atoms with E-state index in [1.54, 1.807) is 0 Å². The molecule has 0 radical (unpaired) electrons. The summed E-state index contributed by atoms with van der Waals surface area (Å²) in [7, 11) is -0.0535. The van der Waals surface area contributed by atoms with Gasteiger partial charge in [-0.25, -0.2) is 4.79 Å². The van der Waals surface area contributed by atoms with Gasteiger partial charge in [-0.05, 0) is 49.2 Å². The predicted molar refractivity (Wildman–Crippen MR) is 115 cm³/mol. The highest BCUT2D eigenvalue weighted by Crippen LogP contribution is 2.41. The second kappa shape index (κ2) is 7.11. The van der Waals surface area contributed by atoms with E-state index in [0.29, 0.717) is 11.5 Å². The molecule has 0 N–H and O–H groups in total. The van der Waals surface area contributed by atoms with E-state index in [9.17, 15) is 4.79 Å². The molecule has 140 valence electrons. The smallest absolute Gasteiger partial charge is 0.339 e. The maximum absolute atomic E-state index is 12.6. The molecule has 3 aromatic rings. The molecule has 1 atom stereocenters. The zero-order valence-electron chi connectivity index (χ0n) is 15.8. The van der Waals surface area contributed by atoms with Crippen molar-refractivity contribution in [3.63, 3.8) is 0 Å². The molecule has 28 heavy (non-hydrogen) atoms. The van der Waals surface area contributed by atoms with Crippen LogP contribution in [-0.4, -0.2) is 11.6 Å². The van der Waals surface area contributed by atoms with E-state index in [1.165, 1.54) is 40.7 Å². The van der Waals surface area contributed by atoms with Gasteiger partial charge in [0.2, 0.25) is 0 Å². The highest BCUT2D eigenvalue weighted by Gasteiger charge is 2.46. The zero-order chi connectivity index (χ0) is 19.0. The summed E-state index contributed by atoms with van der Waals surface area (Å²) in [6.07, 6.45) is 6.67. The summed E-state index contributed by atoms with van der Waals surface area (Å²) in [5, 5.41) is 3.53. The van der Waals surface area contributed by atoms with Gasteiger partial charge in [-0.3, -0.25) is 0 Å². The average molecular weight is 388 g/mol. The molecule has 1 heterocycles. The topological polar surface area (TPSA) is 26.3 Å². The Morgan fingerprint density at radius 3 is 2.50 bits per heavy atom. The molecule has 2 aromatic carbocycles. The molecule has 0 saturated heterocycles. The van der Waals surface area contributed by atoms with E-state index in [4.69, 9.17) is 4.74 Å². The average Bonchev–Trinajstić information content (AvgIpc) is 3.12. The first-order valence-corrected chi connectivity index (χ1v) is 11.4. The number of hydrogen-bond acceptors (Lipinski definition) is 2. The lowest BCUT2D eigenvalue weighted by Crippen LogP contribution is -2.18. The Labute approximate surface area is 168 Å². The lowest BCUT2D eigenvalue weighted by atomic mass is 10.1. The summed E-state index contributed by atoms with van der Waals surface area (Å²) < 4.78 is 7.14. The van der Waals surface area contributed by atoms with Crippen LogP contribution >= 0.6 is 10.5 Å². The van der Waals surface area contributed by atoms with Gasteiger partial charge in [0.1, 0.15) is 5.38 Å². The van der Waals surface area contributed by atoms with Gasteiger partial charge in [0.05, 0.1) is 5.56 Å². The highest BCUT2D eigenvalue weighted by molar-refractivity contribution is 7.43. The van der Waals surface area contributed by atoms with Crippen molar-refractivity contribution in [3.05, 3.63) is 65.5 Å². The van der Waals surface area contributed by atoms with Crippen LogP contribution in [-0.2, 0) is 4.74 Å². The van der Waals surface area contributed by atoms with E-state index in [2.05, 4.69) is 59.7 Å². The molecule has 2 aliphatic rings. The van der Waals surface area contributed by atoms with Gasteiger partial charge >= 0.3 is 5.97 Å². The van der Waals surface area contributed by atoms with Gasteiger partial charge in [0.15, 0.2) is 15.2 Å². The molecule has 0 aliphatic heterocycles. The van der Waals surface area contributed by atoms with Crippen molar-refractivity contribution in [1.29, 1.82) is 0 Å². The molecule has 1 aromatic heterocycles. The van der Waals surface area contributed by atoms with E-state index >= 15 is 0 Å². The number of thiophene rings is 1. The van der Waals surface area contributed by atoms with Crippen LogP contribution < -0.4 is 0 Å². The lowest BCUT2D eigenvalue weighted by molar-refractivity contribution is 0.0361. The number of hydrogen-bond donors (Lipinski definition) is 0. The molecule has 0 bridgehead atoms. The lowest BCUT2D eigenvalue weighted by Gasteiger charge is -2.10. The summed E-state index contributed by atoms with van der Waals surface area (Å²) in [5.41, 5.74) is 0.0884. The standard InChI is InChI=1S/C25H23O2S/c26-24(27-25(16-17-25)15-13-19-5-1-2-6-19)21-9-11-22(12-10-21)28-18-14-20-7-3-4-8-23(20)28/h3-4,7-12,14,18-19H,1-2,5-6,16-17H2/q+1. The molecular weight excluding hydrogens is 364 g/mol. The number of fused-ring (bicyclic) bond motifs is 1. The predicted octanol–water partition coefficient (Wildman–Crippen LogP) is 6.46. The Morgan fingerprint density at radius 1 is 1.00 bits per heavy atom. The summed E-state index contributed by atoms with van der Waals surface area (Å²) in [6, 6.07) is 18.5. The fraction of sp³-hybridized carbons (Fsp3) is 0.320. The fourth-order valence-corrected chi connectivity index (χ4v) is 5.77. The Morgan fingerprint density at radius 2 is 1.75 bits per heavy atom. The number of carbonyl (C=O) groups excluding carboxylic acids is 1. The van der Waals surface area contributed by atoms with Crippen molar-refractivity contribution in [3.8, 4) is 16.7 Å². The molecule has 2 fully saturated rings. The van der Waals surface area contributed by atoms with Crippen molar-refractivity contribution < 1.29 is 9.53 Å². The Balaban J connectivity index is 1.31. The van der Waals surface area contributed by atoms with Crippen LogP contribution in [0.25, 0.3) is 15.0 Å². The van der Waals surface area contributed by atoms with Crippen LogP contribution in [0.15, 0.2) is 60.0 Å². The SMILES string of the molecule is O=C(OC1(C#CC2CCCC2)CC1)c1ccc(-[s+]2ccc3ccccc32)cc1. The first-order valence-electron chi connectivity index (χ1n) is 10.1. The quantitative estimate of drug-likeness (QED) is 0.293. The minimum absolute atomic E-state index is 0.0535. The van der Waals surface area contributed by atoms with Crippen LogP contribution in [0.3, 0.4) is 0 Å². The maximum atomic E-state index is 12.6. The van der Waals surface area contributed by atoms with Gasteiger partial charge in [-0.15, -0.1) is 0 Å². The van der Waals surface area contributed by atoms with Crippen LogP contribution in [0, 0.1) is 17.8 Å². The van der Waals surface area contributed by atoms with E-state index in [0.717, 1.165) is 12.8 Å². The van der Waals surface area contributed by atoms with Crippen LogP contribution in [0.1, 0.15) is 48.9 Å². The van der Waals surface area contributed by atoms with Gasteiger partial charge < -0.3 is 4.74 Å². The molecule has 2 saturated carbocycles. The third-order valence-electron chi connectivity index (χ3n) is 5.74. The maximum Gasteiger partial charge on any atom is 0.339 e. The molecule has 1 unspecified atom stereocenters. The Bertz CT molecular complexity index is 1070. The number of ether oxygens (including phenoxy) is 1. The second-order valence-corrected chi connectivity index (χ2v) is 9.70. The monoisotopic (exact) mass is 387 g/mol. The molecule has 2 nitrogen and oxygen atoms in total. The molecule has 3 heteroatoms. The normalized spacial score (nSPS) is 18.5. The van der Waals surface area contributed by atoms with Gasteiger partial charge in [0.25, 0.3) is 0 Å². The van der Waals surface area contributed by atoms with Crippen LogP contribution in [0.5, 0.6) is 0 Å². The molecule has 5 rings (SSSR count). The minimum Gasteiger partial charge on any atom is -0.442 e. The molecular formula is C25H23O2S+. The van der Waals surface area contributed by atoms with Gasteiger partial charge in [-0.1, -0.05) is 36.8 Å². The van der Waals surface area contributed by atoms with Crippen molar-refractivity contribution in [2.75, 3.05) is 0 Å². The fourth-order valence-electron chi connectivity index (χ4n) is 3.88. The Kier molecular flexibility index (Phi) is 4.45. The van der Waals surface area contributed by atoms with Crippen LogP contribution in [0.2, 0.25) is 0 Å². The third-order valence-corrected chi connectivity index (χ3v) is 7.77. The third kappa shape index (κ3) is 3.45. The number of benzene rings is 2. The van der Waals surface area contributed by atoms with Gasteiger partial charge in [-0.2, -0.15) is 0 Å². The summed E-state index contributed by atoms with van der Waals surface area (Å²) >= 11 is 0. The summed E-state index contributed by atoms with van der Waals surface area (Å²) in [6.45, 7) is 0. The van der Waals surface area contributed by atoms with Crippen molar-refractivity contribution in [2.45, 2.75) is 44.1 Å². The van der Waals surface area contributed by atoms with Crippen molar-refractivity contribution in [2.24, 2.45) is 5.92 Å². The van der Waals surface area contributed by atoms with E-state index in [1.807, 2.05) is 12.1 Å². The van der Waals surface area contributed by atoms with Crippen molar-refractivity contribution in [1.82, 2.24) is 0 Å². The number of esters is 1. The zero-order valence-corrected chi connectivity index (χ0v) is 16.6. The number of rotatable bonds is 3. The van der Waals surface area contributed by atoms with Crippen molar-refractivity contribution >= 4 is 26.5 Å². The first-order chi connectivity index (χ1) is 13.7. The van der Waals surface area contributed by atoms with E-state index in [-0.39, 0.29) is 16.4 Å². The number of carbonyl (C=O) groups is 1. The minimum atomic E-state index is -0.521.